The molecule has 0 amide bonds. The first-order valence-corrected chi connectivity index (χ1v) is 6.61. The summed E-state index contributed by atoms with van der Waals surface area (Å²) in [6.45, 7) is 0.434. The molecule has 1 aromatic carbocycles. The number of carboxylic acids is 1. The van der Waals surface area contributed by atoms with Crippen LogP contribution in [-0.4, -0.2) is 20.6 Å². The lowest BCUT2D eigenvalue weighted by molar-refractivity contribution is -0.138. The minimum absolute atomic E-state index is 0.0599. The third kappa shape index (κ3) is 2.54. The van der Waals surface area contributed by atoms with Crippen LogP contribution in [0.15, 0.2) is 30.7 Å². The van der Waals surface area contributed by atoms with Crippen molar-refractivity contribution in [3.8, 4) is 0 Å². The Balaban J connectivity index is 1.76. The maximum atomic E-state index is 12.8. The Kier molecular flexibility index (Phi) is 3.22. The number of carboxylic acid groups (broad SMARTS) is 1. The molecule has 1 aliphatic rings. The first kappa shape index (κ1) is 13.1. The van der Waals surface area contributed by atoms with Crippen molar-refractivity contribution in [2.24, 2.45) is 5.92 Å². The second kappa shape index (κ2) is 4.90. The Bertz CT molecular complexity index is 671. The molecule has 1 saturated carbocycles. The number of benzene rings is 1. The molecular formula is C14H12ClFN2O2. The van der Waals surface area contributed by atoms with Crippen molar-refractivity contribution in [1.29, 1.82) is 0 Å². The van der Waals surface area contributed by atoms with E-state index in [1.165, 1.54) is 12.5 Å². The Morgan fingerprint density at radius 3 is 2.90 bits per heavy atom. The number of rotatable bonds is 4. The van der Waals surface area contributed by atoms with Crippen LogP contribution in [0.5, 0.6) is 0 Å². The zero-order valence-corrected chi connectivity index (χ0v) is 11.2. The molecule has 0 bridgehead atoms. The molecule has 1 fully saturated rings. The van der Waals surface area contributed by atoms with Gasteiger partial charge in [0.25, 0.3) is 0 Å². The van der Waals surface area contributed by atoms with Gasteiger partial charge < -0.3 is 9.67 Å². The fourth-order valence-electron chi connectivity index (χ4n) is 2.37. The van der Waals surface area contributed by atoms with Crippen LogP contribution in [0.25, 0.3) is 0 Å². The molecule has 104 valence electrons. The zero-order chi connectivity index (χ0) is 14.3. The fraction of sp³-hybridized carbons (Fsp3) is 0.286. The third-order valence-corrected chi connectivity index (χ3v) is 3.92. The normalized spacial score (nSPS) is 20.9. The molecule has 1 heterocycles. The molecule has 1 aliphatic carbocycles. The van der Waals surface area contributed by atoms with Gasteiger partial charge in [0.05, 0.1) is 25.0 Å². The van der Waals surface area contributed by atoms with Crippen LogP contribution in [0.3, 0.4) is 0 Å². The lowest BCUT2D eigenvalue weighted by Gasteiger charge is -2.07. The summed E-state index contributed by atoms with van der Waals surface area (Å²) >= 11 is 6.21. The SMILES string of the molecule is O=C(O)[C@H]1CC1c1ccc(Cn2cnc(F)c2)c(Cl)c1. The summed E-state index contributed by atoms with van der Waals surface area (Å²) in [5.41, 5.74) is 1.79. The van der Waals surface area contributed by atoms with Crippen LogP contribution in [0, 0.1) is 11.9 Å². The van der Waals surface area contributed by atoms with Gasteiger partial charge in [-0.3, -0.25) is 4.79 Å². The number of halogens is 2. The molecule has 1 aromatic heterocycles. The molecule has 6 heteroatoms. The van der Waals surface area contributed by atoms with Crippen molar-refractivity contribution in [3.05, 3.63) is 52.8 Å². The van der Waals surface area contributed by atoms with Crippen LogP contribution >= 0.6 is 11.6 Å². The molecular weight excluding hydrogens is 283 g/mol. The second-order valence-electron chi connectivity index (χ2n) is 5.01. The monoisotopic (exact) mass is 294 g/mol. The first-order chi connectivity index (χ1) is 9.54. The predicted octanol–water partition coefficient (Wildman–Crippen LogP) is 2.91. The van der Waals surface area contributed by atoms with E-state index in [2.05, 4.69) is 4.98 Å². The van der Waals surface area contributed by atoms with Gasteiger partial charge in [-0.2, -0.15) is 4.39 Å². The van der Waals surface area contributed by atoms with Crippen LogP contribution in [0.4, 0.5) is 4.39 Å². The average Bonchev–Trinajstić information content (AvgIpc) is 3.10. The molecule has 3 rings (SSSR count). The molecule has 20 heavy (non-hydrogen) atoms. The number of hydrogen-bond acceptors (Lipinski definition) is 2. The van der Waals surface area contributed by atoms with Gasteiger partial charge in [-0.25, -0.2) is 4.98 Å². The number of nitrogens with zero attached hydrogens (tertiary/aromatic N) is 2. The molecule has 2 aromatic rings. The summed E-state index contributed by atoms with van der Waals surface area (Å²) in [6.07, 6.45) is 3.37. The average molecular weight is 295 g/mol. The van der Waals surface area contributed by atoms with Crippen molar-refractivity contribution in [2.75, 3.05) is 0 Å². The summed E-state index contributed by atoms with van der Waals surface area (Å²) < 4.78 is 14.4. The topological polar surface area (TPSA) is 55.1 Å². The van der Waals surface area contributed by atoms with E-state index in [0.717, 1.165) is 11.1 Å². The van der Waals surface area contributed by atoms with Crippen molar-refractivity contribution in [3.63, 3.8) is 0 Å². The Morgan fingerprint density at radius 2 is 2.35 bits per heavy atom. The van der Waals surface area contributed by atoms with Crippen LogP contribution < -0.4 is 0 Å². The molecule has 1 N–H and O–H groups in total. The maximum absolute atomic E-state index is 12.8. The number of hydrogen-bond donors (Lipinski definition) is 1. The van der Waals surface area contributed by atoms with Gasteiger partial charge in [0.1, 0.15) is 0 Å². The van der Waals surface area contributed by atoms with E-state index < -0.39 is 11.9 Å². The zero-order valence-electron chi connectivity index (χ0n) is 10.5. The van der Waals surface area contributed by atoms with E-state index in [0.29, 0.717) is 18.0 Å². The van der Waals surface area contributed by atoms with Gasteiger partial charge in [-0.15, -0.1) is 0 Å². The summed E-state index contributed by atoms with van der Waals surface area (Å²) in [4.78, 5) is 14.4. The van der Waals surface area contributed by atoms with Gasteiger partial charge in [0, 0.05) is 5.02 Å². The van der Waals surface area contributed by atoms with E-state index in [-0.39, 0.29) is 11.8 Å². The van der Waals surface area contributed by atoms with Crippen molar-refractivity contribution >= 4 is 17.6 Å². The summed E-state index contributed by atoms with van der Waals surface area (Å²) in [5, 5.41) is 9.49. The van der Waals surface area contributed by atoms with Crippen LogP contribution in [0.1, 0.15) is 23.5 Å². The van der Waals surface area contributed by atoms with E-state index in [1.54, 1.807) is 10.6 Å². The Hall–Kier alpha value is -1.88. The van der Waals surface area contributed by atoms with Gasteiger partial charge >= 0.3 is 5.97 Å². The largest absolute Gasteiger partial charge is 0.481 e. The molecule has 4 nitrogen and oxygen atoms in total. The van der Waals surface area contributed by atoms with E-state index in [1.807, 2.05) is 12.1 Å². The van der Waals surface area contributed by atoms with Crippen molar-refractivity contribution < 1.29 is 14.3 Å². The molecule has 2 atom stereocenters. The third-order valence-electron chi connectivity index (χ3n) is 3.57. The lowest BCUT2D eigenvalue weighted by atomic mass is 10.1. The van der Waals surface area contributed by atoms with E-state index in [9.17, 15) is 9.18 Å². The van der Waals surface area contributed by atoms with Gasteiger partial charge in [0.15, 0.2) is 0 Å². The number of imidazole rings is 1. The second-order valence-corrected chi connectivity index (χ2v) is 5.41. The standard InChI is InChI=1S/C14H12ClFN2O2/c15-12-3-8(10-4-11(10)14(19)20)1-2-9(12)5-18-6-13(16)17-7-18/h1-3,6-7,10-11H,4-5H2,(H,19,20)/t10?,11-/m0/s1. The van der Waals surface area contributed by atoms with Gasteiger partial charge in [0.2, 0.25) is 5.95 Å². The minimum Gasteiger partial charge on any atom is -0.481 e. The maximum Gasteiger partial charge on any atom is 0.307 e. The highest BCUT2D eigenvalue weighted by molar-refractivity contribution is 6.31. The number of carbonyl (C=O) groups is 1. The van der Waals surface area contributed by atoms with Crippen LogP contribution in [-0.2, 0) is 11.3 Å². The molecule has 0 spiro atoms. The highest BCUT2D eigenvalue weighted by Crippen LogP contribution is 2.48. The van der Waals surface area contributed by atoms with Crippen molar-refractivity contribution in [1.82, 2.24) is 9.55 Å². The summed E-state index contributed by atoms with van der Waals surface area (Å²) in [7, 11) is 0. The molecule has 0 aliphatic heterocycles. The van der Waals surface area contributed by atoms with Gasteiger partial charge in [-0.1, -0.05) is 23.7 Å². The predicted molar refractivity (Wildman–Crippen MR) is 71.2 cm³/mol. The fourth-order valence-corrected chi connectivity index (χ4v) is 2.62. The van der Waals surface area contributed by atoms with Crippen LogP contribution in [0.2, 0.25) is 5.02 Å². The minimum atomic E-state index is -0.760. The smallest absolute Gasteiger partial charge is 0.307 e. The first-order valence-electron chi connectivity index (χ1n) is 6.23. The Labute approximate surface area is 119 Å². The summed E-state index contributed by atoms with van der Waals surface area (Å²) in [5.74, 6) is -1.52. The number of aliphatic carboxylic acids is 1. The molecule has 0 radical (unpaired) electrons. The van der Waals surface area contributed by atoms with Crippen molar-refractivity contribution in [2.45, 2.75) is 18.9 Å². The van der Waals surface area contributed by atoms with E-state index in [4.69, 9.17) is 16.7 Å². The summed E-state index contributed by atoms with van der Waals surface area (Å²) in [6, 6.07) is 5.55. The lowest BCUT2D eigenvalue weighted by Crippen LogP contribution is -2.00. The molecule has 1 unspecified atom stereocenters. The molecule has 0 saturated heterocycles. The van der Waals surface area contributed by atoms with E-state index >= 15 is 0 Å². The van der Waals surface area contributed by atoms with Gasteiger partial charge in [-0.05, 0) is 29.5 Å². The number of aromatic nitrogens is 2. The Morgan fingerprint density at radius 1 is 1.55 bits per heavy atom. The highest BCUT2D eigenvalue weighted by Gasteiger charge is 2.44. The highest BCUT2D eigenvalue weighted by atomic mass is 35.5. The quantitative estimate of drug-likeness (QED) is 0.943.